The molecule has 0 N–H and O–H groups in total. The van der Waals surface area contributed by atoms with E-state index in [4.69, 9.17) is 16.9 Å². The molecule has 122 valence electrons. The topological polar surface area (TPSA) is 58.7 Å². The minimum Gasteiger partial charge on any atom is -0.296 e. The Labute approximate surface area is 149 Å². The van der Waals surface area contributed by atoms with Crippen molar-refractivity contribution in [2.24, 2.45) is 0 Å². The Morgan fingerprint density at radius 1 is 1.29 bits per heavy atom. The number of fused-ring (bicyclic) bond motifs is 1. The van der Waals surface area contributed by atoms with Crippen LogP contribution in [0.2, 0.25) is 5.02 Å². The minimum absolute atomic E-state index is 0.0373. The highest BCUT2D eigenvalue weighted by atomic mass is 35.5. The van der Waals surface area contributed by atoms with E-state index in [9.17, 15) is 4.79 Å². The van der Waals surface area contributed by atoms with E-state index in [0.717, 1.165) is 20.8 Å². The third-order valence-corrected chi connectivity index (χ3v) is 5.23. The number of halogens is 1. The van der Waals surface area contributed by atoms with Gasteiger partial charge < -0.3 is 0 Å². The van der Waals surface area contributed by atoms with Crippen LogP contribution in [0.5, 0.6) is 0 Å². The van der Waals surface area contributed by atoms with E-state index >= 15 is 0 Å². The number of thiophene rings is 1. The molecule has 4 nitrogen and oxygen atoms in total. The molecule has 0 bridgehead atoms. The summed E-state index contributed by atoms with van der Waals surface area (Å²) in [5.74, 6) is 0.689. The van der Waals surface area contributed by atoms with Crippen LogP contribution in [-0.2, 0) is 6.54 Å². The number of unbranched alkanes of at least 4 members (excludes halogenated alkanes) is 1. The lowest BCUT2D eigenvalue weighted by Crippen LogP contribution is -2.23. The normalized spacial score (nSPS) is 10.9. The molecule has 2 aromatic heterocycles. The van der Waals surface area contributed by atoms with E-state index in [-0.39, 0.29) is 5.56 Å². The van der Waals surface area contributed by atoms with Gasteiger partial charge in [0.2, 0.25) is 0 Å². The summed E-state index contributed by atoms with van der Waals surface area (Å²) < 4.78 is 1.67. The van der Waals surface area contributed by atoms with Crippen LogP contribution in [0.25, 0.3) is 21.3 Å². The highest BCUT2D eigenvalue weighted by Crippen LogP contribution is 2.36. The molecule has 0 unspecified atom stereocenters. The molecule has 2 heterocycles. The SMILES string of the molecule is Cc1sc2nc(C)n(CCCC#N)c(=O)c2c1-c1ccc(Cl)cc1. The Morgan fingerprint density at radius 2 is 2.00 bits per heavy atom. The van der Waals surface area contributed by atoms with Gasteiger partial charge in [-0.3, -0.25) is 9.36 Å². The van der Waals surface area contributed by atoms with Gasteiger partial charge >= 0.3 is 0 Å². The number of nitriles is 1. The summed E-state index contributed by atoms with van der Waals surface area (Å²) in [4.78, 5) is 19.5. The van der Waals surface area contributed by atoms with Gasteiger partial charge in [0.1, 0.15) is 10.7 Å². The first kappa shape index (κ1) is 16.7. The van der Waals surface area contributed by atoms with Crippen LogP contribution >= 0.6 is 22.9 Å². The Bertz CT molecular complexity index is 996. The molecule has 6 heteroatoms. The molecule has 3 rings (SSSR count). The lowest BCUT2D eigenvalue weighted by atomic mass is 10.0. The second-order valence-corrected chi connectivity index (χ2v) is 7.24. The summed E-state index contributed by atoms with van der Waals surface area (Å²) in [6, 6.07) is 9.62. The number of nitrogens with zero attached hydrogens (tertiary/aromatic N) is 3. The molecule has 24 heavy (non-hydrogen) atoms. The summed E-state index contributed by atoms with van der Waals surface area (Å²) in [5, 5.41) is 10.0. The maximum absolute atomic E-state index is 13.0. The molecule has 0 fully saturated rings. The van der Waals surface area contributed by atoms with Gasteiger partial charge in [-0.2, -0.15) is 5.26 Å². The maximum Gasteiger partial charge on any atom is 0.262 e. The summed E-state index contributed by atoms with van der Waals surface area (Å²) in [6.07, 6.45) is 1.07. The Kier molecular flexibility index (Phi) is 4.70. The predicted molar refractivity (Wildman–Crippen MR) is 98.6 cm³/mol. The number of benzene rings is 1. The summed E-state index contributed by atoms with van der Waals surface area (Å²) >= 11 is 7.51. The van der Waals surface area contributed by atoms with Crippen LogP contribution in [0, 0.1) is 25.2 Å². The fourth-order valence-corrected chi connectivity index (χ4v) is 4.05. The zero-order valence-corrected chi connectivity index (χ0v) is 15.0. The van der Waals surface area contributed by atoms with Crippen molar-refractivity contribution in [2.45, 2.75) is 33.2 Å². The van der Waals surface area contributed by atoms with Crippen molar-refractivity contribution >= 4 is 33.2 Å². The van der Waals surface area contributed by atoms with Crippen LogP contribution in [0.4, 0.5) is 0 Å². The fraction of sp³-hybridized carbons (Fsp3) is 0.278. The summed E-state index contributed by atoms with van der Waals surface area (Å²) in [6.45, 7) is 4.35. The van der Waals surface area contributed by atoms with Crippen molar-refractivity contribution < 1.29 is 0 Å². The molecule has 0 aliphatic heterocycles. The van der Waals surface area contributed by atoms with Crippen molar-refractivity contribution in [3.63, 3.8) is 0 Å². The van der Waals surface area contributed by atoms with Crippen LogP contribution < -0.4 is 5.56 Å². The number of aromatic nitrogens is 2. The number of aryl methyl sites for hydroxylation is 2. The highest BCUT2D eigenvalue weighted by molar-refractivity contribution is 7.19. The van der Waals surface area contributed by atoms with E-state index in [1.54, 1.807) is 4.57 Å². The van der Waals surface area contributed by atoms with Crippen LogP contribution in [0.15, 0.2) is 29.1 Å². The molecular weight excluding hydrogens is 342 g/mol. The molecular formula is C18H16ClN3OS. The number of hydrogen-bond donors (Lipinski definition) is 0. The average Bonchev–Trinajstić information content (AvgIpc) is 2.87. The van der Waals surface area contributed by atoms with Gasteiger partial charge in [-0.1, -0.05) is 23.7 Å². The van der Waals surface area contributed by atoms with Crippen molar-refractivity contribution in [3.05, 3.63) is 50.3 Å². The fourth-order valence-electron chi connectivity index (χ4n) is 2.84. The Balaban J connectivity index is 2.22. The second kappa shape index (κ2) is 6.76. The van der Waals surface area contributed by atoms with Gasteiger partial charge in [0.15, 0.2) is 0 Å². The largest absolute Gasteiger partial charge is 0.296 e. The summed E-state index contributed by atoms with van der Waals surface area (Å²) in [7, 11) is 0. The van der Waals surface area contributed by atoms with Gasteiger partial charge in [-0.15, -0.1) is 11.3 Å². The molecule has 0 atom stereocenters. The van der Waals surface area contributed by atoms with E-state index in [1.807, 2.05) is 38.1 Å². The Morgan fingerprint density at radius 3 is 2.67 bits per heavy atom. The van der Waals surface area contributed by atoms with E-state index < -0.39 is 0 Å². The van der Waals surface area contributed by atoms with Gasteiger partial charge in [-0.25, -0.2) is 4.98 Å². The van der Waals surface area contributed by atoms with E-state index in [2.05, 4.69) is 11.1 Å². The molecule has 3 aromatic rings. The predicted octanol–water partition coefficient (Wildman–Crippen LogP) is 4.70. The van der Waals surface area contributed by atoms with Crippen molar-refractivity contribution in [1.82, 2.24) is 9.55 Å². The monoisotopic (exact) mass is 357 g/mol. The molecule has 0 saturated heterocycles. The van der Waals surface area contributed by atoms with E-state index in [0.29, 0.717) is 35.6 Å². The zero-order chi connectivity index (χ0) is 17.3. The van der Waals surface area contributed by atoms with Gasteiger partial charge in [0.05, 0.1) is 11.5 Å². The van der Waals surface area contributed by atoms with Gasteiger partial charge in [0, 0.05) is 28.4 Å². The van der Waals surface area contributed by atoms with Gasteiger partial charge in [0.25, 0.3) is 5.56 Å². The lowest BCUT2D eigenvalue weighted by Gasteiger charge is -2.09. The highest BCUT2D eigenvalue weighted by Gasteiger charge is 2.18. The molecule has 1 aromatic carbocycles. The third kappa shape index (κ3) is 2.95. The quantitative estimate of drug-likeness (QED) is 0.636. The molecule has 0 amide bonds. The molecule has 0 saturated carbocycles. The maximum atomic E-state index is 13.0. The smallest absolute Gasteiger partial charge is 0.262 e. The van der Waals surface area contributed by atoms with Gasteiger partial charge in [-0.05, 0) is 38.0 Å². The Hall–Kier alpha value is -2.16. The first-order valence-corrected chi connectivity index (χ1v) is 8.85. The standard InChI is InChI=1S/C18H16ClN3OS/c1-11-15(13-5-7-14(19)8-6-13)16-17(24-11)21-12(2)22(18(16)23)10-4-3-9-20/h5-8H,3-4,10H2,1-2H3. The van der Waals surface area contributed by atoms with E-state index in [1.165, 1.54) is 11.3 Å². The first-order chi connectivity index (χ1) is 11.5. The zero-order valence-electron chi connectivity index (χ0n) is 13.5. The molecule has 0 radical (unpaired) electrons. The van der Waals surface area contributed by atoms with Crippen molar-refractivity contribution in [3.8, 4) is 17.2 Å². The van der Waals surface area contributed by atoms with Crippen LogP contribution in [0.1, 0.15) is 23.5 Å². The molecule has 0 spiro atoms. The minimum atomic E-state index is -0.0373. The van der Waals surface area contributed by atoms with Crippen molar-refractivity contribution in [2.75, 3.05) is 0 Å². The number of hydrogen-bond acceptors (Lipinski definition) is 4. The molecule has 0 aliphatic carbocycles. The first-order valence-electron chi connectivity index (χ1n) is 7.66. The number of rotatable bonds is 4. The lowest BCUT2D eigenvalue weighted by molar-refractivity contribution is 0.607. The average molecular weight is 358 g/mol. The van der Waals surface area contributed by atoms with Crippen LogP contribution in [-0.4, -0.2) is 9.55 Å². The third-order valence-electron chi connectivity index (χ3n) is 3.98. The summed E-state index contributed by atoms with van der Waals surface area (Å²) in [5.41, 5.74) is 1.86. The molecule has 0 aliphatic rings. The van der Waals surface area contributed by atoms with Crippen LogP contribution in [0.3, 0.4) is 0 Å². The van der Waals surface area contributed by atoms with Crippen molar-refractivity contribution in [1.29, 1.82) is 5.26 Å². The second-order valence-electron chi connectivity index (χ2n) is 5.60.